The first-order valence-electron chi connectivity index (χ1n) is 6.72. The van der Waals surface area contributed by atoms with Gasteiger partial charge in [0.2, 0.25) is 0 Å². The van der Waals surface area contributed by atoms with Gasteiger partial charge in [0.1, 0.15) is 5.82 Å². The topological polar surface area (TPSA) is 36.9 Å². The molecule has 94 valence electrons. The molecule has 0 atom stereocenters. The van der Waals surface area contributed by atoms with E-state index in [1.54, 1.807) is 0 Å². The summed E-state index contributed by atoms with van der Waals surface area (Å²) in [5.74, 6) is 1.87. The molecule has 0 spiro atoms. The van der Waals surface area contributed by atoms with Gasteiger partial charge in [-0.1, -0.05) is 0 Å². The van der Waals surface area contributed by atoms with Crippen LogP contribution in [-0.2, 0) is 6.54 Å². The zero-order valence-corrected chi connectivity index (χ0v) is 11.0. The molecule has 2 heterocycles. The molecule has 0 radical (unpaired) electrons. The van der Waals surface area contributed by atoms with E-state index in [1.165, 1.54) is 57.6 Å². The Morgan fingerprint density at radius 1 is 1.24 bits per heavy atom. The fourth-order valence-corrected chi connectivity index (χ4v) is 2.89. The molecule has 4 nitrogen and oxygen atoms in total. The number of nitrogens with one attached hydrogen (secondary N) is 1. The van der Waals surface area contributed by atoms with Gasteiger partial charge < -0.3 is 9.47 Å². The number of likely N-dealkylation sites (tertiary alicyclic amines) is 1. The van der Waals surface area contributed by atoms with Gasteiger partial charge in [0.15, 0.2) is 4.77 Å². The second kappa shape index (κ2) is 4.90. The lowest BCUT2D eigenvalue weighted by Crippen LogP contribution is -2.21. The Labute approximate surface area is 107 Å². The third-order valence-corrected chi connectivity index (χ3v) is 4.10. The average Bonchev–Trinajstić information content (AvgIpc) is 2.91. The van der Waals surface area contributed by atoms with Crippen LogP contribution in [-0.4, -0.2) is 39.3 Å². The summed E-state index contributed by atoms with van der Waals surface area (Å²) >= 11 is 5.30. The van der Waals surface area contributed by atoms with Gasteiger partial charge in [-0.2, -0.15) is 5.10 Å². The summed E-state index contributed by atoms with van der Waals surface area (Å²) < 4.78 is 3.01. The number of rotatable bonds is 5. The van der Waals surface area contributed by atoms with Crippen LogP contribution in [0.15, 0.2) is 0 Å². The van der Waals surface area contributed by atoms with Crippen molar-refractivity contribution in [3.05, 3.63) is 10.6 Å². The van der Waals surface area contributed by atoms with Crippen molar-refractivity contribution < 1.29 is 0 Å². The summed E-state index contributed by atoms with van der Waals surface area (Å²) in [6.07, 6.45) is 6.50. The minimum absolute atomic E-state index is 0.676. The van der Waals surface area contributed by atoms with E-state index in [2.05, 4.69) is 19.7 Å². The van der Waals surface area contributed by atoms with E-state index in [9.17, 15) is 0 Å². The second-order valence-corrected chi connectivity index (χ2v) is 5.60. The maximum Gasteiger partial charge on any atom is 0.195 e. The number of H-pyrrole nitrogens is 1. The Hall–Kier alpha value is -0.680. The Bertz CT molecular complexity index is 426. The van der Waals surface area contributed by atoms with Crippen molar-refractivity contribution in [2.75, 3.05) is 19.6 Å². The van der Waals surface area contributed by atoms with E-state index in [0.717, 1.165) is 11.3 Å². The van der Waals surface area contributed by atoms with Gasteiger partial charge in [-0.25, -0.2) is 0 Å². The first-order chi connectivity index (χ1) is 8.34. The van der Waals surface area contributed by atoms with Gasteiger partial charge in [0, 0.05) is 12.5 Å². The van der Waals surface area contributed by atoms with Crippen LogP contribution >= 0.6 is 12.2 Å². The quantitative estimate of drug-likeness (QED) is 0.817. The smallest absolute Gasteiger partial charge is 0.195 e. The minimum atomic E-state index is 0.676. The molecule has 3 rings (SSSR count). The molecule has 17 heavy (non-hydrogen) atoms. The fourth-order valence-electron chi connectivity index (χ4n) is 2.66. The number of hydrogen-bond donors (Lipinski definition) is 1. The van der Waals surface area contributed by atoms with Crippen molar-refractivity contribution in [1.29, 1.82) is 0 Å². The van der Waals surface area contributed by atoms with E-state index < -0.39 is 0 Å². The normalized spacial score (nSPS) is 21.2. The first-order valence-corrected chi connectivity index (χ1v) is 7.13. The van der Waals surface area contributed by atoms with Crippen LogP contribution in [0.25, 0.3) is 0 Å². The fraction of sp³-hybridized carbons (Fsp3) is 0.833. The predicted octanol–water partition coefficient (Wildman–Crippen LogP) is 2.30. The lowest BCUT2D eigenvalue weighted by molar-refractivity contribution is 0.324. The molecule has 0 amide bonds. The summed E-state index contributed by atoms with van der Waals surface area (Å²) in [6.45, 7) is 4.80. The average molecular weight is 252 g/mol. The largest absolute Gasteiger partial charge is 0.304 e. The van der Waals surface area contributed by atoms with Crippen molar-refractivity contribution in [3.8, 4) is 0 Å². The standard InChI is InChI=1S/C12H20N4S/c17-12-14-13-11(10-4-5-10)16(12)9-3-8-15-6-1-2-7-15/h10H,1-9H2,(H,14,17). The Morgan fingerprint density at radius 3 is 2.71 bits per heavy atom. The number of nitrogens with zero attached hydrogens (tertiary/aromatic N) is 3. The van der Waals surface area contributed by atoms with Crippen molar-refractivity contribution >= 4 is 12.2 Å². The molecule has 1 N–H and O–H groups in total. The highest BCUT2D eigenvalue weighted by molar-refractivity contribution is 7.71. The van der Waals surface area contributed by atoms with Crippen LogP contribution in [0.4, 0.5) is 0 Å². The molecule has 1 aromatic rings. The molecule has 0 bridgehead atoms. The van der Waals surface area contributed by atoms with Gasteiger partial charge in [-0.05, 0) is 64.0 Å². The molecule has 1 saturated heterocycles. The summed E-state index contributed by atoms with van der Waals surface area (Å²) in [7, 11) is 0. The monoisotopic (exact) mass is 252 g/mol. The lowest BCUT2D eigenvalue weighted by atomic mass is 10.3. The van der Waals surface area contributed by atoms with E-state index in [-0.39, 0.29) is 0 Å². The van der Waals surface area contributed by atoms with E-state index in [4.69, 9.17) is 12.2 Å². The van der Waals surface area contributed by atoms with Crippen LogP contribution in [0, 0.1) is 4.77 Å². The van der Waals surface area contributed by atoms with Gasteiger partial charge >= 0.3 is 0 Å². The summed E-state index contributed by atoms with van der Waals surface area (Å²) in [6, 6.07) is 0. The van der Waals surface area contributed by atoms with Crippen LogP contribution < -0.4 is 0 Å². The van der Waals surface area contributed by atoms with Crippen molar-refractivity contribution in [2.24, 2.45) is 0 Å². The van der Waals surface area contributed by atoms with Crippen molar-refractivity contribution in [1.82, 2.24) is 19.7 Å². The molecule has 1 aromatic heterocycles. The maximum absolute atomic E-state index is 5.30. The molecule has 1 saturated carbocycles. The van der Waals surface area contributed by atoms with E-state index in [1.807, 2.05) is 0 Å². The summed E-state index contributed by atoms with van der Waals surface area (Å²) in [5.41, 5.74) is 0. The van der Waals surface area contributed by atoms with E-state index >= 15 is 0 Å². The van der Waals surface area contributed by atoms with Crippen LogP contribution in [0.1, 0.15) is 43.8 Å². The third kappa shape index (κ3) is 2.60. The second-order valence-electron chi connectivity index (χ2n) is 5.22. The third-order valence-electron chi connectivity index (χ3n) is 3.79. The van der Waals surface area contributed by atoms with Crippen molar-refractivity contribution in [2.45, 2.75) is 44.6 Å². The summed E-state index contributed by atoms with van der Waals surface area (Å²) in [4.78, 5) is 2.56. The SMILES string of the molecule is S=c1[nH]nc(C2CC2)n1CCCN1CCCC1. The van der Waals surface area contributed by atoms with Gasteiger partial charge in [-0.3, -0.25) is 5.10 Å². The van der Waals surface area contributed by atoms with E-state index in [0.29, 0.717) is 5.92 Å². The molecule has 0 unspecified atom stereocenters. The molecule has 5 heteroatoms. The summed E-state index contributed by atoms with van der Waals surface area (Å²) in [5, 5.41) is 7.30. The molecule has 0 aromatic carbocycles. The molecule has 2 fully saturated rings. The van der Waals surface area contributed by atoms with Crippen LogP contribution in [0.2, 0.25) is 0 Å². The van der Waals surface area contributed by atoms with Crippen LogP contribution in [0.3, 0.4) is 0 Å². The number of aromatic nitrogens is 3. The maximum atomic E-state index is 5.30. The molecular weight excluding hydrogens is 232 g/mol. The van der Waals surface area contributed by atoms with Gasteiger partial charge in [-0.15, -0.1) is 0 Å². The zero-order chi connectivity index (χ0) is 11.7. The molecule has 1 aliphatic carbocycles. The highest BCUT2D eigenvalue weighted by Crippen LogP contribution is 2.38. The van der Waals surface area contributed by atoms with Crippen LogP contribution in [0.5, 0.6) is 0 Å². The van der Waals surface area contributed by atoms with Crippen molar-refractivity contribution in [3.63, 3.8) is 0 Å². The Kier molecular flexibility index (Phi) is 3.29. The highest BCUT2D eigenvalue weighted by atomic mass is 32.1. The Balaban J connectivity index is 1.56. The van der Waals surface area contributed by atoms with Gasteiger partial charge in [0.05, 0.1) is 0 Å². The predicted molar refractivity (Wildman–Crippen MR) is 69.7 cm³/mol. The molecular formula is C12H20N4S. The minimum Gasteiger partial charge on any atom is -0.304 e. The highest BCUT2D eigenvalue weighted by Gasteiger charge is 2.28. The Morgan fingerprint density at radius 2 is 2.00 bits per heavy atom. The zero-order valence-electron chi connectivity index (χ0n) is 10.2. The molecule has 1 aliphatic heterocycles. The number of hydrogen-bond acceptors (Lipinski definition) is 3. The first kappa shape index (κ1) is 11.4. The van der Waals surface area contributed by atoms with Gasteiger partial charge in [0.25, 0.3) is 0 Å². The number of aromatic amines is 1. The molecule has 2 aliphatic rings. The lowest BCUT2D eigenvalue weighted by Gasteiger charge is -2.14.